The summed E-state index contributed by atoms with van der Waals surface area (Å²) >= 11 is 3.36. The van der Waals surface area contributed by atoms with Crippen LogP contribution in [0.3, 0.4) is 0 Å². The quantitative estimate of drug-likeness (QED) is 0.822. The molecule has 0 aliphatic carbocycles. The third kappa shape index (κ3) is 4.34. The van der Waals surface area contributed by atoms with Gasteiger partial charge in [-0.15, -0.1) is 0 Å². The highest BCUT2D eigenvalue weighted by atomic mass is 79.9. The van der Waals surface area contributed by atoms with E-state index in [0.29, 0.717) is 16.3 Å². The highest BCUT2D eigenvalue weighted by Gasteiger charge is 2.23. The number of hydrogen-bond donors (Lipinski definition) is 2. The number of phenols is 1. The van der Waals surface area contributed by atoms with Crippen LogP contribution in [0, 0.1) is 5.92 Å². The average molecular weight is 357 g/mol. The minimum atomic E-state index is 0.157. The van der Waals surface area contributed by atoms with Crippen molar-refractivity contribution in [1.82, 2.24) is 10.2 Å². The van der Waals surface area contributed by atoms with E-state index in [1.54, 1.807) is 7.11 Å². The number of nitrogens with zero attached hydrogens (tertiary/aromatic N) is 1. The number of rotatable bonds is 6. The van der Waals surface area contributed by atoms with Gasteiger partial charge in [-0.2, -0.15) is 0 Å². The molecule has 2 N–H and O–H groups in total. The van der Waals surface area contributed by atoms with Gasteiger partial charge in [0.1, 0.15) is 0 Å². The Morgan fingerprint density at radius 2 is 2.24 bits per heavy atom. The molecule has 0 saturated carbocycles. The van der Waals surface area contributed by atoms with Gasteiger partial charge in [-0.3, -0.25) is 0 Å². The first kappa shape index (κ1) is 16.6. The molecule has 0 amide bonds. The van der Waals surface area contributed by atoms with Crippen LogP contribution in [0.1, 0.15) is 25.8 Å². The van der Waals surface area contributed by atoms with E-state index in [9.17, 15) is 5.11 Å². The van der Waals surface area contributed by atoms with Gasteiger partial charge in [0.2, 0.25) is 0 Å². The molecule has 1 unspecified atom stereocenters. The van der Waals surface area contributed by atoms with E-state index in [1.165, 1.54) is 19.5 Å². The van der Waals surface area contributed by atoms with Crippen LogP contribution >= 0.6 is 15.9 Å². The van der Waals surface area contributed by atoms with Crippen LogP contribution in [0.4, 0.5) is 0 Å². The first-order valence-electron chi connectivity index (χ1n) is 7.51. The number of methoxy groups -OCH3 is 1. The molecule has 21 heavy (non-hydrogen) atoms. The normalized spacial score (nSPS) is 19.4. The third-order valence-electron chi connectivity index (χ3n) is 4.12. The molecule has 1 aromatic carbocycles. The number of aromatic hydroxyl groups is 1. The number of benzene rings is 1. The number of ether oxygens (including phenoxy) is 1. The monoisotopic (exact) mass is 356 g/mol. The third-order valence-corrected chi connectivity index (χ3v) is 4.72. The van der Waals surface area contributed by atoms with Crippen LogP contribution in [0.15, 0.2) is 16.6 Å². The summed E-state index contributed by atoms with van der Waals surface area (Å²) in [5, 5.41) is 13.3. The second-order valence-corrected chi connectivity index (χ2v) is 6.86. The summed E-state index contributed by atoms with van der Waals surface area (Å²) in [5.74, 6) is 1.40. The van der Waals surface area contributed by atoms with Crippen LogP contribution in [0.5, 0.6) is 11.5 Å². The first-order valence-corrected chi connectivity index (χ1v) is 8.30. The SMILES string of the molecule is COc1cc(CNCC2CCN(C(C)C)C2)cc(Br)c1O. The standard InChI is InChI=1S/C16H25BrN2O2/c1-11(2)19-5-4-12(10-19)8-18-9-13-6-14(17)16(20)15(7-13)21-3/h6-7,11-12,18,20H,4-5,8-10H2,1-3H3. The number of nitrogens with one attached hydrogen (secondary N) is 1. The van der Waals surface area contributed by atoms with Crippen molar-refractivity contribution in [2.75, 3.05) is 26.7 Å². The molecule has 118 valence electrons. The summed E-state index contributed by atoms with van der Waals surface area (Å²) in [5.41, 5.74) is 1.11. The van der Waals surface area contributed by atoms with Crippen LogP contribution < -0.4 is 10.1 Å². The summed E-state index contributed by atoms with van der Waals surface area (Å²) in [7, 11) is 1.57. The molecule has 1 aromatic rings. The number of phenolic OH excluding ortho intramolecular Hbond substituents is 1. The van der Waals surface area contributed by atoms with Gasteiger partial charge in [-0.1, -0.05) is 0 Å². The summed E-state index contributed by atoms with van der Waals surface area (Å²) < 4.78 is 5.84. The molecule has 2 rings (SSSR count). The zero-order chi connectivity index (χ0) is 15.4. The summed E-state index contributed by atoms with van der Waals surface area (Å²) in [4.78, 5) is 2.53. The van der Waals surface area contributed by atoms with Crippen molar-refractivity contribution in [2.24, 2.45) is 5.92 Å². The fourth-order valence-electron chi connectivity index (χ4n) is 2.80. The minimum Gasteiger partial charge on any atom is -0.503 e. The summed E-state index contributed by atoms with van der Waals surface area (Å²) in [6, 6.07) is 4.45. The molecule has 1 fully saturated rings. The lowest BCUT2D eigenvalue weighted by molar-refractivity contribution is 0.264. The maximum atomic E-state index is 9.80. The first-order chi connectivity index (χ1) is 10.0. The lowest BCUT2D eigenvalue weighted by Gasteiger charge is -2.20. The Bertz CT molecular complexity index is 480. The molecule has 0 aromatic heterocycles. The average Bonchev–Trinajstić information content (AvgIpc) is 2.91. The molecule has 0 bridgehead atoms. The second-order valence-electron chi connectivity index (χ2n) is 6.00. The van der Waals surface area contributed by atoms with Crippen LogP contribution in [-0.4, -0.2) is 42.8 Å². The van der Waals surface area contributed by atoms with Gasteiger partial charge in [-0.05, 0) is 72.9 Å². The van der Waals surface area contributed by atoms with Gasteiger partial charge in [0.15, 0.2) is 11.5 Å². The second kappa shape index (κ2) is 7.47. The topological polar surface area (TPSA) is 44.7 Å². The van der Waals surface area contributed by atoms with Gasteiger partial charge in [0.05, 0.1) is 11.6 Å². The Hall–Kier alpha value is -0.780. The fraction of sp³-hybridized carbons (Fsp3) is 0.625. The molecule has 1 heterocycles. The van der Waals surface area contributed by atoms with Crippen molar-refractivity contribution in [3.63, 3.8) is 0 Å². The number of halogens is 1. The van der Waals surface area contributed by atoms with E-state index < -0.39 is 0 Å². The lowest BCUT2D eigenvalue weighted by atomic mass is 10.1. The van der Waals surface area contributed by atoms with Crippen LogP contribution in [0.25, 0.3) is 0 Å². The fourth-order valence-corrected chi connectivity index (χ4v) is 3.29. The van der Waals surface area contributed by atoms with Gasteiger partial charge in [0, 0.05) is 19.1 Å². The minimum absolute atomic E-state index is 0.157. The zero-order valence-corrected chi connectivity index (χ0v) is 14.6. The molecule has 5 heteroatoms. The summed E-state index contributed by atoms with van der Waals surface area (Å²) in [6.45, 7) is 8.74. The van der Waals surface area contributed by atoms with Gasteiger partial charge in [0.25, 0.3) is 0 Å². The van der Waals surface area contributed by atoms with Crippen molar-refractivity contribution >= 4 is 15.9 Å². The predicted molar refractivity (Wildman–Crippen MR) is 88.9 cm³/mol. The van der Waals surface area contributed by atoms with Crippen LogP contribution in [0.2, 0.25) is 0 Å². The van der Waals surface area contributed by atoms with Crippen molar-refractivity contribution in [2.45, 2.75) is 32.9 Å². The molecular formula is C16H25BrN2O2. The smallest absolute Gasteiger partial charge is 0.172 e. The molecule has 1 saturated heterocycles. The molecular weight excluding hydrogens is 332 g/mol. The van der Waals surface area contributed by atoms with Crippen molar-refractivity contribution in [3.8, 4) is 11.5 Å². The highest BCUT2D eigenvalue weighted by Crippen LogP contribution is 2.35. The van der Waals surface area contributed by atoms with Crippen molar-refractivity contribution in [1.29, 1.82) is 0 Å². The van der Waals surface area contributed by atoms with E-state index in [4.69, 9.17) is 4.74 Å². The molecule has 4 nitrogen and oxygen atoms in total. The van der Waals surface area contributed by atoms with Gasteiger partial charge < -0.3 is 20.1 Å². The molecule has 0 radical (unpaired) electrons. The Balaban J connectivity index is 1.83. The maximum Gasteiger partial charge on any atom is 0.172 e. The highest BCUT2D eigenvalue weighted by molar-refractivity contribution is 9.10. The maximum absolute atomic E-state index is 9.80. The van der Waals surface area contributed by atoms with E-state index in [2.05, 4.69) is 40.0 Å². The number of hydrogen-bond acceptors (Lipinski definition) is 4. The largest absolute Gasteiger partial charge is 0.503 e. The van der Waals surface area contributed by atoms with Crippen molar-refractivity contribution < 1.29 is 9.84 Å². The van der Waals surface area contributed by atoms with Gasteiger partial charge in [-0.25, -0.2) is 0 Å². The van der Waals surface area contributed by atoms with E-state index >= 15 is 0 Å². The Labute approximate surface area is 135 Å². The molecule has 1 atom stereocenters. The zero-order valence-electron chi connectivity index (χ0n) is 13.0. The van der Waals surface area contributed by atoms with Gasteiger partial charge >= 0.3 is 0 Å². The number of likely N-dealkylation sites (tertiary alicyclic amines) is 1. The molecule has 1 aliphatic rings. The Morgan fingerprint density at radius 1 is 1.48 bits per heavy atom. The molecule has 1 aliphatic heterocycles. The van der Waals surface area contributed by atoms with Crippen molar-refractivity contribution in [3.05, 3.63) is 22.2 Å². The Kier molecular flexibility index (Phi) is 5.90. The van der Waals surface area contributed by atoms with E-state index in [0.717, 1.165) is 24.6 Å². The van der Waals surface area contributed by atoms with Crippen LogP contribution in [-0.2, 0) is 6.54 Å². The lowest BCUT2D eigenvalue weighted by Crippen LogP contribution is -2.30. The van der Waals surface area contributed by atoms with E-state index in [-0.39, 0.29) is 5.75 Å². The van der Waals surface area contributed by atoms with E-state index in [1.807, 2.05) is 12.1 Å². The predicted octanol–water partition coefficient (Wildman–Crippen LogP) is 2.98. The molecule has 0 spiro atoms. The Morgan fingerprint density at radius 3 is 2.86 bits per heavy atom. The summed E-state index contributed by atoms with van der Waals surface area (Å²) in [6.07, 6.45) is 1.27.